The predicted octanol–water partition coefficient (Wildman–Crippen LogP) is 6.38. The highest BCUT2D eigenvalue weighted by molar-refractivity contribution is 6.42. The lowest BCUT2D eigenvalue weighted by Gasteiger charge is -2.06. The fraction of sp³-hybridized carbons (Fsp3) is 0.182. The summed E-state index contributed by atoms with van der Waals surface area (Å²) >= 11 is 12.0. The molecule has 0 saturated heterocycles. The molecular weight excluding hydrogens is 413 g/mol. The van der Waals surface area contributed by atoms with Gasteiger partial charge in [-0.3, -0.25) is 4.79 Å². The zero-order valence-electron chi connectivity index (χ0n) is 15.9. The number of halogens is 2. The van der Waals surface area contributed by atoms with E-state index in [1.54, 1.807) is 55.5 Å². The van der Waals surface area contributed by atoms with Crippen molar-refractivity contribution < 1.29 is 18.7 Å². The molecule has 1 N–H and O–H groups in total. The lowest BCUT2D eigenvalue weighted by Crippen LogP contribution is -2.12. The molecule has 0 spiro atoms. The number of hydrogen-bond donors (Lipinski definition) is 1. The minimum Gasteiger partial charge on any atom is -0.462 e. The molecular formula is C22H19Cl2NO4. The van der Waals surface area contributed by atoms with Crippen molar-refractivity contribution in [3.05, 3.63) is 75.5 Å². The van der Waals surface area contributed by atoms with Crippen LogP contribution in [-0.4, -0.2) is 18.5 Å². The van der Waals surface area contributed by atoms with E-state index in [2.05, 4.69) is 5.32 Å². The van der Waals surface area contributed by atoms with Crippen molar-refractivity contribution in [3.63, 3.8) is 0 Å². The van der Waals surface area contributed by atoms with Crippen LogP contribution in [0.15, 0.2) is 52.9 Å². The maximum atomic E-state index is 12.7. The monoisotopic (exact) mass is 431 g/mol. The fourth-order valence-corrected chi connectivity index (χ4v) is 2.96. The van der Waals surface area contributed by atoms with Crippen LogP contribution in [0, 0.1) is 6.92 Å². The van der Waals surface area contributed by atoms with E-state index in [0.29, 0.717) is 45.0 Å². The number of aryl methyl sites for hydroxylation is 1. The first-order valence-electron chi connectivity index (χ1n) is 9.03. The average molecular weight is 432 g/mol. The molecule has 1 heterocycles. The SMILES string of the molecule is CCCOC(=O)c1ccc(NC(=O)c2cc(-c3ccc(Cl)c(Cl)c3)oc2C)cc1. The number of carbonyl (C=O) groups is 2. The maximum Gasteiger partial charge on any atom is 0.338 e. The Labute approximate surface area is 178 Å². The van der Waals surface area contributed by atoms with Gasteiger partial charge in [0.2, 0.25) is 0 Å². The molecule has 1 amide bonds. The summed E-state index contributed by atoms with van der Waals surface area (Å²) in [6.07, 6.45) is 0.758. The van der Waals surface area contributed by atoms with Gasteiger partial charge in [-0.1, -0.05) is 30.1 Å². The van der Waals surface area contributed by atoms with Gasteiger partial charge in [-0.25, -0.2) is 4.79 Å². The quantitative estimate of drug-likeness (QED) is 0.459. The normalized spacial score (nSPS) is 10.6. The Morgan fingerprint density at radius 2 is 1.76 bits per heavy atom. The summed E-state index contributed by atoms with van der Waals surface area (Å²) in [5.41, 5.74) is 2.10. The summed E-state index contributed by atoms with van der Waals surface area (Å²) < 4.78 is 10.8. The third kappa shape index (κ3) is 5.00. The molecule has 0 aliphatic heterocycles. The van der Waals surface area contributed by atoms with Crippen molar-refractivity contribution >= 4 is 40.8 Å². The summed E-state index contributed by atoms with van der Waals surface area (Å²) in [6.45, 7) is 4.01. The molecule has 7 heteroatoms. The van der Waals surface area contributed by atoms with Gasteiger partial charge in [0.15, 0.2) is 0 Å². The first-order valence-corrected chi connectivity index (χ1v) is 9.79. The van der Waals surface area contributed by atoms with Crippen LogP contribution in [0.3, 0.4) is 0 Å². The number of anilines is 1. The molecule has 0 unspecified atom stereocenters. The second kappa shape index (κ2) is 9.16. The molecule has 0 saturated carbocycles. The molecule has 0 aliphatic carbocycles. The molecule has 0 radical (unpaired) electrons. The largest absolute Gasteiger partial charge is 0.462 e. The van der Waals surface area contributed by atoms with E-state index >= 15 is 0 Å². The Balaban J connectivity index is 1.73. The number of amides is 1. The molecule has 150 valence electrons. The van der Waals surface area contributed by atoms with Crippen LogP contribution in [0.2, 0.25) is 10.0 Å². The molecule has 0 bridgehead atoms. The van der Waals surface area contributed by atoms with Crippen LogP contribution in [0.25, 0.3) is 11.3 Å². The molecule has 0 aliphatic rings. The molecule has 0 fully saturated rings. The summed E-state index contributed by atoms with van der Waals surface area (Å²) in [4.78, 5) is 24.5. The number of carbonyl (C=O) groups excluding carboxylic acids is 2. The van der Waals surface area contributed by atoms with Crippen LogP contribution in [-0.2, 0) is 4.74 Å². The second-order valence-corrected chi connectivity index (χ2v) is 7.19. The second-order valence-electron chi connectivity index (χ2n) is 6.38. The molecule has 3 rings (SSSR count). The number of furan rings is 1. The van der Waals surface area contributed by atoms with Crippen molar-refractivity contribution in [1.29, 1.82) is 0 Å². The predicted molar refractivity (Wildman–Crippen MR) is 114 cm³/mol. The van der Waals surface area contributed by atoms with Crippen LogP contribution in [0.5, 0.6) is 0 Å². The Hall–Kier alpha value is -2.76. The third-order valence-corrected chi connectivity index (χ3v) is 4.92. The zero-order chi connectivity index (χ0) is 21.0. The minimum atomic E-state index is -0.387. The van der Waals surface area contributed by atoms with E-state index in [1.807, 2.05) is 6.92 Å². The van der Waals surface area contributed by atoms with Crippen LogP contribution < -0.4 is 5.32 Å². The zero-order valence-corrected chi connectivity index (χ0v) is 17.4. The lowest BCUT2D eigenvalue weighted by atomic mass is 10.1. The van der Waals surface area contributed by atoms with Gasteiger partial charge in [0.05, 0.1) is 27.8 Å². The van der Waals surface area contributed by atoms with Crippen molar-refractivity contribution in [2.45, 2.75) is 20.3 Å². The Morgan fingerprint density at radius 1 is 1.03 bits per heavy atom. The Kier molecular flexibility index (Phi) is 6.62. The van der Waals surface area contributed by atoms with E-state index in [4.69, 9.17) is 32.4 Å². The average Bonchev–Trinajstić information content (AvgIpc) is 3.10. The number of benzene rings is 2. The highest BCUT2D eigenvalue weighted by Gasteiger charge is 2.17. The van der Waals surface area contributed by atoms with Gasteiger partial charge >= 0.3 is 5.97 Å². The van der Waals surface area contributed by atoms with Crippen molar-refractivity contribution in [2.24, 2.45) is 0 Å². The molecule has 0 atom stereocenters. The van der Waals surface area contributed by atoms with E-state index in [9.17, 15) is 9.59 Å². The molecule has 29 heavy (non-hydrogen) atoms. The Bertz CT molecular complexity index is 1040. The number of nitrogens with one attached hydrogen (secondary N) is 1. The van der Waals surface area contributed by atoms with Gasteiger partial charge < -0.3 is 14.5 Å². The van der Waals surface area contributed by atoms with Crippen molar-refractivity contribution in [1.82, 2.24) is 0 Å². The summed E-state index contributed by atoms with van der Waals surface area (Å²) in [6, 6.07) is 13.3. The van der Waals surface area contributed by atoms with Crippen LogP contribution >= 0.6 is 23.2 Å². The topological polar surface area (TPSA) is 68.5 Å². The highest BCUT2D eigenvalue weighted by Crippen LogP contribution is 2.31. The van der Waals surface area contributed by atoms with E-state index in [0.717, 1.165) is 12.0 Å². The summed E-state index contributed by atoms with van der Waals surface area (Å²) in [5, 5.41) is 3.64. The first-order chi connectivity index (χ1) is 13.9. The summed E-state index contributed by atoms with van der Waals surface area (Å²) in [7, 11) is 0. The first kappa shape index (κ1) is 21.0. The Morgan fingerprint density at radius 3 is 2.41 bits per heavy atom. The standard InChI is InChI=1S/C22H19Cl2NO4/c1-3-10-28-22(27)14-4-7-16(8-5-14)25-21(26)17-12-20(29-13(17)2)15-6-9-18(23)19(24)11-15/h4-9,11-12H,3,10H2,1-2H3,(H,25,26). The molecule has 5 nitrogen and oxygen atoms in total. The van der Waals surface area contributed by atoms with E-state index in [-0.39, 0.29) is 11.9 Å². The number of esters is 1. The van der Waals surface area contributed by atoms with Gasteiger partial charge in [0, 0.05) is 11.3 Å². The smallest absolute Gasteiger partial charge is 0.338 e. The molecule has 1 aromatic heterocycles. The fourth-order valence-electron chi connectivity index (χ4n) is 2.67. The highest BCUT2D eigenvalue weighted by atomic mass is 35.5. The third-order valence-electron chi connectivity index (χ3n) is 4.18. The van der Waals surface area contributed by atoms with Gasteiger partial charge in [-0.2, -0.15) is 0 Å². The van der Waals surface area contributed by atoms with Crippen LogP contribution in [0.4, 0.5) is 5.69 Å². The minimum absolute atomic E-state index is 0.320. The van der Waals surface area contributed by atoms with E-state index < -0.39 is 0 Å². The molecule has 3 aromatic rings. The van der Waals surface area contributed by atoms with Crippen molar-refractivity contribution in [3.8, 4) is 11.3 Å². The lowest BCUT2D eigenvalue weighted by molar-refractivity contribution is 0.0505. The van der Waals surface area contributed by atoms with E-state index in [1.165, 1.54) is 0 Å². The number of ether oxygens (including phenoxy) is 1. The summed E-state index contributed by atoms with van der Waals surface area (Å²) in [5.74, 6) is 0.282. The molecule has 2 aromatic carbocycles. The van der Waals surface area contributed by atoms with Gasteiger partial charge in [0.25, 0.3) is 5.91 Å². The number of hydrogen-bond acceptors (Lipinski definition) is 4. The number of rotatable bonds is 6. The van der Waals surface area contributed by atoms with Crippen molar-refractivity contribution in [2.75, 3.05) is 11.9 Å². The van der Waals surface area contributed by atoms with Gasteiger partial charge in [-0.05, 0) is 61.9 Å². The van der Waals surface area contributed by atoms with Gasteiger partial charge in [-0.15, -0.1) is 0 Å². The maximum absolute atomic E-state index is 12.7. The van der Waals surface area contributed by atoms with Crippen LogP contribution in [0.1, 0.15) is 39.8 Å². The van der Waals surface area contributed by atoms with Gasteiger partial charge in [0.1, 0.15) is 11.5 Å².